The number of carbonyl (C=O) groups excluding carboxylic acids is 1. The van der Waals surface area contributed by atoms with Gasteiger partial charge in [0.05, 0.1) is 12.3 Å². The van der Waals surface area contributed by atoms with Crippen molar-refractivity contribution in [3.8, 4) is 17.2 Å². The van der Waals surface area contributed by atoms with Crippen molar-refractivity contribution in [2.45, 2.75) is 39.3 Å². The molecule has 0 saturated heterocycles. The first-order valence-electron chi connectivity index (χ1n) is 13.3. The van der Waals surface area contributed by atoms with Crippen molar-refractivity contribution in [1.82, 2.24) is 29.5 Å². The second-order valence-corrected chi connectivity index (χ2v) is 10.5. The highest BCUT2D eigenvalue weighted by atomic mass is 32.1. The van der Waals surface area contributed by atoms with Gasteiger partial charge in [-0.2, -0.15) is 10.2 Å². The van der Waals surface area contributed by atoms with E-state index < -0.39 is 23.0 Å². The number of aliphatic hydroxyl groups is 1. The molecule has 0 radical (unpaired) electrons. The fourth-order valence-electron chi connectivity index (χ4n) is 4.33. The number of halogens is 2. The third-order valence-electron chi connectivity index (χ3n) is 6.50. The first-order chi connectivity index (χ1) is 20.6. The molecule has 11 nitrogen and oxygen atoms in total. The number of pyridine rings is 1. The SMILES string of the molecule is CC(C)n1nc(C(=O)Cc2ccc(Oc3ccnc4[nH]nc(N[C@H](C)CO)c34)c(F)c2)c(=O)n(-c2ccc(F)cc2)c1=S. The van der Waals surface area contributed by atoms with Gasteiger partial charge < -0.3 is 15.2 Å². The zero-order valence-corrected chi connectivity index (χ0v) is 24.2. The number of nitrogens with zero attached hydrogens (tertiary/aromatic N) is 5. The molecule has 3 heterocycles. The molecule has 0 aliphatic rings. The predicted octanol–water partition coefficient (Wildman–Crippen LogP) is 4.90. The van der Waals surface area contributed by atoms with Crippen molar-refractivity contribution in [2.24, 2.45) is 0 Å². The minimum atomic E-state index is -0.763. The Morgan fingerprint density at radius 3 is 2.53 bits per heavy atom. The number of hydrogen-bond acceptors (Lipinski definition) is 9. The monoisotopic (exact) mass is 607 g/mol. The molecule has 2 aromatic carbocycles. The number of aromatic nitrogens is 6. The van der Waals surface area contributed by atoms with Crippen molar-refractivity contribution in [3.05, 3.63) is 92.7 Å². The lowest BCUT2D eigenvalue weighted by atomic mass is 10.1. The number of ether oxygens (including phenoxy) is 1. The van der Waals surface area contributed by atoms with Gasteiger partial charge in [-0.1, -0.05) is 6.07 Å². The first kappa shape index (κ1) is 29.7. The highest BCUT2D eigenvalue weighted by Crippen LogP contribution is 2.34. The summed E-state index contributed by atoms with van der Waals surface area (Å²) in [7, 11) is 0. The third kappa shape index (κ3) is 6.05. The smallest absolute Gasteiger partial charge is 0.288 e. The van der Waals surface area contributed by atoms with E-state index in [0.717, 1.165) is 10.6 Å². The van der Waals surface area contributed by atoms with Gasteiger partial charge in [0.1, 0.15) is 17.0 Å². The maximum atomic E-state index is 15.2. The second kappa shape index (κ2) is 12.2. The van der Waals surface area contributed by atoms with Gasteiger partial charge in [-0.15, -0.1) is 0 Å². The van der Waals surface area contributed by atoms with Crippen LogP contribution < -0.4 is 15.6 Å². The molecule has 0 aliphatic carbocycles. The minimum Gasteiger partial charge on any atom is -0.453 e. The molecular weight excluding hydrogens is 580 g/mol. The number of rotatable bonds is 10. The number of aliphatic hydroxyl groups excluding tert-OH is 1. The first-order valence-corrected chi connectivity index (χ1v) is 13.7. The van der Waals surface area contributed by atoms with Gasteiger partial charge in [-0.05, 0) is 75.0 Å². The molecule has 0 saturated carbocycles. The standard InChI is InChI=1S/C29H27F2N7O4S/c1-15(2)38-29(43)37(19-7-5-18(30)6-8-19)28(41)25(36-38)21(40)13-17-4-9-22(20(31)12-17)42-23-10-11-32-26-24(23)27(35-34-26)33-16(3)14-39/h4-12,15-16,39H,13-14H2,1-3H3,(H2,32,33,34,35)/t16-/m1/s1. The molecule has 43 heavy (non-hydrogen) atoms. The third-order valence-corrected chi connectivity index (χ3v) is 6.87. The Morgan fingerprint density at radius 1 is 1.12 bits per heavy atom. The summed E-state index contributed by atoms with van der Waals surface area (Å²) < 4.78 is 37.2. The number of aromatic amines is 1. The Balaban J connectivity index is 1.44. The lowest BCUT2D eigenvalue weighted by Crippen LogP contribution is -2.33. The van der Waals surface area contributed by atoms with Crippen LogP contribution in [0.2, 0.25) is 0 Å². The van der Waals surface area contributed by atoms with Crippen LogP contribution in [-0.4, -0.2) is 53.1 Å². The minimum absolute atomic E-state index is 0.0442. The fraction of sp³-hybridized carbons (Fsp3) is 0.241. The molecule has 14 heteroatoms. The van der Waals surface area contributed by atoms with Gasteiger partial charge in [-0.25, -0.2) is 18.4 Å². The number of nitrogens with one attached hydrogen (secondary N) is 2. The number of hydrogen-bond donors (Lipinski definition) is 3. The van der Waals surface area contributed by atoms with Crippen LogP contribution in [0.4, 0.5) is 14.6 Å². The van der Waals surface area contributed by atoms with Crippen LogP contribution in [-0.2, 0) is 6.42 Å². The van der Waals surface area contributed by atoms with E-state index in [1.54, 1.807) is 26.8 Å². The van der Waals surface area contributed by atoms with E-state index in [2.05, 4.69) is 25.6 Å². The Kier molecular flexibility index (Phi) is 8.41. The van der Waals surface area contributed by atoms with E-state index in [4.69, 9.17) is 17.0 Å². The maximum absolute atomic E-state index is 15.2. The largest absolute Gasteiger partial charge is 0.453 e. The summed E-state index contributed by atoms with van der Waals surface area (Å²) in [5, 5.41) is 24.0. The highest BCUT2D eigenvalue weighted by Gasteiger charge is 2.22. The molecule has 5 rings (SSSR count). The van der Waals surface area contributed by atoms with Gasteiger partial charge in [0.25, 0.3) is 5.56 Å². The summed E-state index contributed by atoms with van der Waals surface area (Å²) in [6, 6.07) is 10.1. The van der Waals surface area contributed by atoms with Gasteiger partial charge in [-0.3, -0.25) is 19.3 Å². The Bertz CT molecular complexity index is 1940. The van der Waals surface area contributed by atoms with Crippen LogP contribution in [0.25, 0.3) is 16.7 Å². The van der Waals surface area contributed by atoms with Gasteiger partial charge in [0.15, 0.2) is 34.5 Å². The molecular formula is C29H27F2N7O4S. The zero-order chi connectivity index (χ0) is 30.8. The molecule has 1 atom stereocenters. The van der Waals surface area contributed by atoms with E-state index in [-0.39, 0.29) is 58.3 Å². The topological polar surface area (TPSA) is 140 Å². The van der Waals surface area contributed by atoms with Crippen molar-refractivity contribution in [2.75, 3.05) is 11.9 Å². The molecule has 0 spiro atoms. The zero-order valence-electron chi connectivity index (χ0n) is 23.3. The number of benzene rings is 2. The molecule has 0 aliphatic heterocycles. The summed E-state index contributed by atoms with van der Waals surface area (Å²) >= 11 is 5.46. The van der Waals surface area contributed by atoms with E-state index in [9.17, 15) is 19.1 Å². The Labute approximate surface area is 248 Å². The number of Topliss-reactive ketones (excluding diaryl/α,β-unsaturated/α-hetero) is 1. The molecule has 3 aromatic heterocycles. The molecule has 3 N–H and O–H groups in total. The molecule has 0 amide bonds. The van der Waals surface area contributed by atoms with Crippen LogP contribution in [0, 0.1) is 16.4 Å². The predicted molar refractivity (Wildman–Crippen MR) is 158 cm³/mol. The van der Waals surface area contributed by atoms with Crippen molar-refractivity contribution >= 4 is 34.9 Å². The summed E-state index contributed by atoms with van der Waals surface area (Å²) in [5.74, 6) is -1.36. The molecule has 222 valence electrons. The van der Waals surface area contributed by atoms with E-state index in [1.807, 2.05) is 0 Å². The molecule has 0 fully saturated rings. The second-order valence-electron chi connectivity index (χ2n) is 10.1. The van der Waals surface area contributed by atoms with Gasteiger partial charge in [0, 0.05) is 30.8 Å². The number of ketones is 1. The van der Waals surface area contributed by atoms with E-state index in [0.29, 0.717) is 16.9 Å². The van der Waals surface area contributed by atoms with Crippen LogP contribution in [0.1, 0.15) is 42.9 Å². The molecule has 5 aromatic rings. The van der Waals surface area contributed by atoms with Crippen LogP contribution in [0.15, 0.2) is 59.5 Å². The Hall–Kier alpha value is -4.82. The van der Waals surface area contributed by atoms with Crippen LogP contribution >= 0.6 is 12.2 Å². The fourth-order valence-corrected chi connectivity index (χ4v) is 4.77. The van der Waals surface area contributed by atoms with E-state index in [1.165, 1.54) is 47.3 Å². The number of anilines is 1. The highest BCUT2D eigenvalue weighted by molar-refractivity contribution is 7.71. The van der Waals surface area contributed by atoms with Crippen molar-refractivity contribution < 1.29 is 23.4 Å². The maximum Gasteiger partial charge on any atom is 0.288 e. The average Bonchev–Trinajstić information content (AvgIpc) is 3.38. The summed E-state index contributed by atoms with van der Waals surface area (Å²) in [4.78, 5) is 30.9. The van der Waals surface area contributed by atoms with Gasteiger partial charge in [0.2, 0.25) is 4.77 Å². The molecule has 0 bridgehead atoms. The van der Waals surface area contributed by atoms with Crippen LogP contribution in [0.5, 0.6) is 11.5 Å². The summed E-state index contributed by atoms with van der Waals surface area (Å²) in [5.41, 5.74) is -0.188. The number of fused-ring (bicyclic) bond motifs is 1. The number of carbonyl (C=O) groups is 1. The van der Waals surface area contributed by atoms with Gasteiger partial charge >= 0.3 is 0 Å². The van der Waals surface area contributed by atoms with E-state index >= 15 is 4.39 Å². The van der Waals surface area contributed by atoms with Crippen molar-refractivity contribution in [1.29, 1.82) is 0 Å². The molecule has 0 unspecified atom stereocenters. The quantitative estimate of drug-likeness (QED) is 0.149. The summed E-state index contributed by atoms with van der Waals surface area (Å²) in [6.07, 6.45) is 1.15. The lowest BCUT2D eigenvalue weighted by Gasteiger charge is -2.16. The summed E-state index contributed by atoms with van der Waals surface area (Å²) in [6.45, 7) is 5.20. The lowest BCUT2D eigenvalue weighted by molar-refractivity contribution is 0.0983. The van der Waals surface area contributed by atoms with Crippen LogP contribution in [0.3, 0.4) is 0 Å². The average molecular weight is 608 g/mol. The normalized spacial score (nSPS) is 12.1. The Morgan fingerprint density at radius 2 is 1.86 bits per heavy atom. The number of H-pyrrole nitrogens is 1. The van der Waals surface area contributed by atoms with Crippen molar-refractivity contribution in [3.63, 3.8) is 0 Å².